The summed E-state index contributed by atoms with van der Waals surface area (Å²) in [6.07, 6.45) is 3.14. The van der Waals surface area contributed by atoms with Gasteiger partial charge in [-0.1, -0.05) is 20.8 Å². The number of carboxylic acid groups (broad SMARTS) is 1. The number of imidazole rings is 1. The van der Waals surface area contributed by atoms with Gasteiger partial charge in [0.2, 0.25) is 0 Å². The first kappa shape index (κ1) is 10.8. The van der Waals surface area contributed by atoms with Crippen molar-refractivity contribution >= 4 is 5.97 Å². The van der Waals surface area contributed by atoms with Gasteiger partial charge in [0, 0.05) is 12.2 Å². The third-order valence-electron chi connectivity index (χ3n) is 2.52. The SMILES string of the molecule is CC(n1cnc(C(=O)O)c1)C(C)(C)C. The van der Waals surface area contributed by atoms with E-state index in [2.05, 4.69) is 25.8 Å². The number of hydrogen-bond acceptors (Lipinski definition) is 2. The molecule has 14 heavy (non-hydrogen) atoms. The first-order valence-corrected chi connectivity index (χ1v) is 4.59. The highest BCUT2D eigenvalue weighted by Crippen LogP contribution is 2.29. The Balaban J connectivity index is 2.92. The smallest absolute Gasteiger partial charge is 0.356 e. The average molecular weight is 196 g/mol. The molecule has 0 aromatic carbocycles. The molecule has 0 radical (unpaired) electrons. The van der Waals surface area contributed by atoms with Crippen LogP contribution in [-0.4, -0.2) is 20.6 Å². The van der Waals surface area contributed by atoms with Crippen molar-refractivity contribution in [3.8, 4) is 0 Å². The molecule has 1 atom stereocenters. The molecule has 1 aromatic heterocycles. The molecule has 1 heterocycles. The minimum Gasteiger partial charge on any atom is -0.476 e. The van der Waals surface area contributed by atoms with Crippen molar-refractivity contribution in [2.45, 2.75) is 33.7 Å². The zero-order valence-corrected chi connectivity index (χ0v) is 8.98. The fraction of sp³-hybridized carbons (Fsp3) is 0.600. The normalized spacial score (nSPS) is 14.0. The van der Waals surface area contributed by atoms with Gasteiger partial charge in [0.15, 0.2) is 5.69 Å². The lowest BCUT2D eigenvalue weighted by atomic mass is 9.88. The number of aromatic nitrogens is 2. The quantitative estimate of drug-likeness (QED) is 0.788. The van der Waals surface area contributed by atoms with Crippen LogP contribution in [0.4, 0.5) is 0 Å². The third kappa shape index (κ3) is 2.13. The van der Waals surface area contributed by atoms with Crippen LogP contribution in [0.25, 0.3) is 0 Å². The molecular weight excluding hydrogens is 180 g/mol. The Morgan fingerprint density at radius 1 is 1.57 bits per heavy atom. The number of carboxylic acids is 1. The zero-order valence-electron chi connectivity index (χ0n) is 8.98. The van der Waals surface area contributed by atoms with Crippen molar-refractivity contribution in [2.24, 2.45) is 5.41 Å². The van der Waals surface area contributed by atoms with Crippen molar-refractivity contribution in [2.75, 3.05) is 0 Å². The van der Waals surface area contributed by atoms with Crippen LogP contribution in [0.2, 0.25) is 0 Å². The summed E-state index contributed by atoms with van der Waals surface area (Å²) in [4.78, 5) is 14.4. The van der Waals surface area contributed by atoms with Crippen LogP contribution in [0.5, 0.6) is 0 Å². The number of rotatable bonds is 2. The van der Waals surface area contributed by atoms with Gasteiger partial charge in [-0.05, 0) is 12.3 Å². The summed E-state index contributed by atoms with van der Waals surface area (Å²) in [5.74, 6) is -0.982. The maximum Gasteiger partial charge on any atom is 0.356 e. The molecule has 0 aliphatic rings. The second kappa shape index (κ2) is 3.44. The predicted molar refractivity (Wildman–Crippen MR) is 53.4 cm³/mol. The Morgan fingerprint density at radius 3 is 2.50 bits per heavy atom. The molecule has 0 bridgehead atoms. The first-order valence-electron chi connectivity index (χ1n) is 4.59. The van der Waals surface area contributed by atoms with Gasteiger partial charge in [0.1, 0.15) is 0 Å². The molecule has 0 saturated heterocycles. The molecular formula is C10H16N2O2. The molecule has 0 aliphatic heterocycles. The van der Waals surface area contributed by atoms with Crippen molar-refractivity contribution in [1.82, 2.24) is 9.55 Å². The highest BCUT2D eigenvalue weighted by Gasteiger charge is 2.22. The van der Waals surface area contributed by atoms with Crippen LogP contribution >= 0.6 is 0 Å². The molecule has 0 spiro atoms. The molecule has 1 rings (SSSR count). The summed E-state index contributed by atoms with van der Waals surface area (Å²) in [6.45, 7) is 8.38. The van der Waals surface area contributed by atoms with E-state index in [1.165, 1.54) is 0 Å². The van der Waals surface area contributed by atoms with Gasteiger partial charge >= 0.3 is 5.97 Å². The van der Waals surface area contributed by atoms with E-state index in [4.69, 9.17) is 5.11 Å². The first-order chi connectivity index (χ1) is 6.32. The van der Waals surface area contributed by atoms with E-state index in [1.54, 1.807) is 12.5 Å². The Bertz CT molecular complexity index is 336. The standard InChI is InChI=1S/C10H16N2O2/c1-7(10(2,3)4)12-5-8(9(13)14)11-6-12/h5-7H,1-4H3,(H,13,14). The summed E-state index contributed by atoms with van der Waals surface area (Å²) >= 11 is 0. The van der Waals surface area contributed by atoms with Crippen molar-refractivity contribution in [3.63, 3.8) is 0 Å². The van der Waals surface area contributed by atoms with E-state index in [1.807, 2.05) is 11.5 Å². The Morgan fingerprint density at radius 2 is 2.14 bits per heavy atom. The van der Waals surface area contributed by atoms with Crippen LogP contribution in [0.1, 0.15) is 44.2 Å². The molecule has 4 heteroatoms. The third-order valence-corrected chi connectivity index (χ3v) is 2.52. The van der Waals surface area contributed by atoms with E-state index in [-0.39, 0.29) is 17.2 Å². The number of carbonyl (C=O) groups is 1. The second-order valence-electron chi connectivity index (χ2n) is 4.55. The van der Waals surface area contributed by atoms with E-state index in [9.17, 15) is 4.79 Å². The predicted octanol–water partition coefficient (Wildman–Crippen LogP) is 2.19. The summed E-state index contributed by atoms with van der Waals surface area (Å²) < 4.78 is 1.84. The second-order valence-corrected chi connectivity index (χ2v) is 4.55. The maximum absolute atomic E-state index is 10.6. The minimum atomic E-state index is -0.982. The van der Waals surface area contributed by atoms with E-state index >= 15 is 0 Å². The van der Waals surface area contributed by atoms with Gasteiger partial charge in [-0.15, -0.1) is 0 Å². The minimum absolute atomic E-state index is 0.0937. The van der Waals surface area contributed by atoms with Gasteiger partial charge in [0.05, 0.1) is 6.33 Å². The zero-order chi connectivity index (χ0) is 10.9. The molecule has 0 saturated carbocycles. The fourth-order valence-electron chi connectivity index (χ4n) is 1.11. The van der Waals surface area contributed by atoms with E-state index < -0.39 is 5.97 Å². The number of aromatic carboxylic acids is 1. The summed E-state index contributed by atoms with van der Waals surface area (Å²) in [5.41, 5.74) is 0.192. The molecule has 4 nitrogen and oxygen atoms in total. The Labute approximate surface area is 83.6 Å². The monoisotopic (exact) mass is 196 g/mol. The summed E-state index contributed by atoms with van der Waals surface area (Å²) in [5, 5.41) is 8.71. The lowest BCUT2D eigenvalue weighted by Crippen LogP contribution is -2.20. The topological polar surface area (TPSA) is 55.1 Å². The van der Waals surface area contributed by atoms with Gasteiger partial charge in [-0.25, -0.2) is 9.78 Å². The van der Waals surface area contributed by atoms with E-state index in [0.29, 0.717) is 0 Å². The summed E-state index contributed by atoms with van der Waals surface area (Å²) in [6, 6.07) is 0.225. The number of hydrogen-bond donors (Lipinski definition) is 1. The largest absolute Gasteiger partial charge is 0.476 e. The maximum atomic E-state index is 10.6. The van der Waals surface area contributed by atoms with Crippen molar-refractivity contribution in [1.29, 1.82) is 0 Å². The molecule has 0 fully saturated rings. The molecule has 78 valence electrons. The van der Waals surface area contributed by atoms with Crippen LogP contribution in [0.3, 0.4) is 0 Å². The van der Waals surface area contributed by atoms with Gasteiger partial charge in [-0.3, -0.25) is 0 Å². The summed E-state index contributed by atoms with van der Waals surface area (Å²) in [7, 11) is 0. The Kier molecular flexibility index (Phi) is 2.64. The number of nitrogens with zero attached hydrogens (tertiary/aromatic N) is 2. The van der Waals surface area contributed by atoms with Crippen LogP contribution in [0, 0.1) is 5.41 Å². The van der Waals surface area contributed by atoms with Crippen LogP contribution < -0.4 is 0 Å². The highest BCUT2D eigenvalue weighted by molar-refractivity contribution is 5.84. The average Bonchev–Trinajstić information content (AvgIpc) is 2.48. The van der Waals surface area contributed by atoms with Crippen molar-refractivity contribution in [3.05, 3.63) is 18.2 Å². The Hall–Kier alpha value is -1.32. The van der Waals surface area contributed by atoms with Gasteiger partial charge < -0.3 is 9.67 Å². The molecule has 1 N–H and O–H groups in total. The van der Waals surface area contributed by atoms with Crippen LogP contribution in [0.15, 0.2) is 12.5 Å². The highest BCUT2D eigenvalue weighted by atomic mass is 16.4. The van der Waals surface area contributed by atoms with E-state index in [0.717, 1.165) is 0 Å². The molecule has 0 amide bonds. The molecule has 1 aromatic rings. The van der Waals surface area contributed by atoms with Crippen molar-refractivity contribution < 1.29 is 9.90 Å². The van der Waals surface area contributed by atoms with Crippen LogP contribution in [-0.2, 0) is 0 Å². The van der Waals surface area contributed by atoms with Gasteiger partial charge in [0.25, 0.3) is 0 Å². The lowest BCUT2D eigenvalue weighted by Gasteiger charge is -2.28. The fourth-order valence-corrected chi connectivity index (χ4v) is 1.11. The van der Waals surface area contributed by atoms with Gasteiger partial charge in [-0.2, -0.15) is 0 Å². The molecule has 1 unspecified atom stereocenters. The molecule has 0 aliphatic carbocycles. The lowest BCUT2D eigenvalue weighted by molar-refractivity contribution is 0.0690.